The van der Waals surface area contributed by atoms with E-state index >= 15 is 0 Å². The average Bonchev–Trinajstić information content (AvgIpc) is 1.30. The van der Waals surface area contributed by atoms with Gasteiger partial charge in [0.05, 0.1) is 0 Å². The Morgan fingerprint density at radius 2 is 2.00 bits per heavy atom. The van der Waals surface area contributed by atoms with Crippen LogP contribution in [0.1, 0.15) is 13.3 Å². The smallest absolute Gasteiger partial charge is 0.153 e. The summed E-state index contributed by atoms with van der Waals surface area (Å²) in [5.41, 5.74) is 0. The molecule has 1 radical (unpaired) electrons. The molecule has 43 valence electrons. The maximum atomic E-state index is 5.92. The minimum atomic E-state index is -1.31. The maximum absolute atomic E-state index is 5.92. The Morgan fingerprint density at radius 3 is 2.00 bits per heavy atom. The third kappa shape index (κ3) is 6.51. The van der Waals surface area contributed by atoms with E-state index in [1.807, 2.05) is 0 Å². The summed E-state index contributed by atoms with van der Waals surface area (Å²) in [6.45, 7) is 6.37. The summed E-state index contributed by atoms with van der Waals surface area (Å²) < 4.78 is 0. The van der Waals surface area contributed by atoms with Crippen LogP contribution < -0.4 is 0 Å². The molecule has 0 saturated carbocycles. The molecular formula is C5H12ClSi. The summed E-state index contributed by atoms with van der Waals surface area (Å²) in [6, 6.07) is 2.22. The molecule has 0 nitrogen and oxygen atoms in total. The predicted octanol–water partition coefficient (Wildman–Crippen LogP) is 2.58. The summed E-state index contributed by atoms with van der Waals surface area (Å²) in [6.07, 6.45) is 1.11. The molecule has 0 aromatic carbocycles. The minimum Gasteiger partial charge on any atom is -0.167 e. The molecule has 0 rings (SSSR count). The SMILES string of the molecule is CC[CH][Si](C)(C)Cl. The van der Waals surface area contributed by atoms with Crippen LogP contribution in [0.4, 0.5) is 0 Å². The Kier molecular flexibility index (Phi) is 2.92. The van der Waals surface area contributed by atoms with Crippen molar-refractivity contribution in [1.29, 1.82) is 0 Å². The lowest BCUT2D eigenvalue weighted by atomic mass is 10.6. The summed E-state index contributed by atoms with van der Waals surface area (Å²) in [7, 11) is -1.31. The normalized spacial score (nSPS) is 12.0. The van der Waals surface area contributed by atoms with Gasteiger partial charge in [0, 0.05) is 0 Å². The monoisotopic (exact) mass is 135 g/mol. The molecule has 0 atom stereocenters. The average molecular weight is 136 g/mol. The molecule has 0 fully saturated rings. The maximum Gasteiger partial charge on any atom is 0.153 e. The first-order valence-corrected chi connectivity index (χ1v) is 6.68. The number of halogens is 1. The fourth-order valence-electron chi connectivity index (χ4n) is 0.485. The van der Waals surface area contributed by atoms with Crippen LogP contribution >= 0.6 is 11.1 Å². The van der Waals surface area contributed by atoms with Crippen molar-refractivity contribution in [2.75, 3.05) is 0 Å². The number of hydrogen-bond donors (Lipinski definition) is 0. The van der Waals surface area contributed by atoms with E-state index in [2.05, 4.69) is 26.1 Å². The van der Waals surface area contributed by atoms with Gasteiger partial charge in [0.15, 0.2) is 7.38 Å². The van der Waals surface area contributed by atoms with Gasteiger partial charge in [-0.1, -0.05) is 26.4 Å². The van der Waals surface area contributed by atoms with Crippen LogP contribution in [-0.2, 0) is 0 Å². The fourth-order valence-corrected chi connectivity index (χ4v) is 1.92. The highest BCUT2D eigenvalue weighted by atomic mass is 35.6. The van der Waals surface area contributed by atoms with Gasteiger partial charge in [-0.15, -0.1) is 0 Å². The highest BCUT2D eigenvalue weighted by molar-refractivity contribution is 7.21. The van der Waals surface area contributed by atoms with Crippen LogP contribution in [-0.4, -0.2) is 7.38 Å². The van der Waals surface area contributed by atoms with Crippen molar-refractivity contribution in [2.24, 2.45) is 0 Å². The molecule has 0 aliphatic rings. The molecule has 7 heavy (non-hydrogen) atoms. The van der Waals surface area contributed by atoms with Gasteiger partial charge in [-0.3, -0.25) is 0 Å². The van der Waals surface area contributed by atoms with E-state index in [1.54, 1.807) is 0 Å². The zero-order valence-corrected chi connectivity index (χ0v) is 6.92. The lowest BCUT2D eigenvalue weighted by Gasteiger charge is -2.08. The molecule has 0 amide bonds. The van der Waals surface area contributed by atoms with E-state index in [9.17, 15) is 0 Å². The minimum absolute atomic E-state index is 1.11. The largest absolute Gasteiger partial charge is 0.167 e. The molecule has 0 bridgehead atoms. The number of rotatable bonds is 2. The Bertz CT molecular complexity index is 46.5. The van der Waals surface area contributed by atoms with E-state index in [0.29, 0.717) is 0 Å². The summed E-state index contributed by atoms with van der Waals surface area (Å²) >= 11 is 5.92. The fraction of sp³-hybridized carbons (Fsp3) is 0.800. The van der Waals surface area contributed by atoms with E-state index < -0.39 is 7.38 Å². The lowest BCUT2D eigenvalue weighted by molar-refractivity contribution is 1.18. The second-order valence-corrected chi connectivity index (χ2v) is 8.64. The Morgan fingerprint density at radius 1 is 1.57 bits per heavy atom. The van der Waals surface area contributed by atoms with Gasteiger partial charge in [0.25, 0.3) is 0 Å². The van der Waals surface area contributed by atoms with Gasteiger partial charge in [0.2, 0.25) is 0 Å². The van der Waals surface area contributed by atoms with Crippen molar-refractivity contribution in [2.45, 2.75) is 26.4 Å². The van der Waals surface area contributed by atoms with Crippen LogP contribution in [0.3, 0.4) is 0 Å². The molecule has 0 saturated heterocycles. The predicted molar refractivity (Wildman–Crippen MR) is 37.9 cm³/mol. The standard InChI is InChI=1S/C5H12ClSi/c1-4-5-7(2,3)6/h5H,4H2,1-3H3. The second kappa shape index (κ2) is 2.73. The van der Waals surface area contributed by atoms with E-state index in [1.165, 1.54) is 0 Å². The first-order chi connectivity index (χ1) is 3.06. The molecule has 2 heteroatoms. The summed E-state index contributed by atoms with van der Waals surface area (Å²) in [5, 5.41) is 0. The first-order valence-electron chi connectivity index (χ1n) is 2.59. The van der Waals surface area contributed by atoms with Crippen molar-refractivity contribution in [3.05, 3.63) is 6.04 Å². The molecule has 0 aliphatic carbocycles. The topological polar surface area (TPSA) is 0 Å². The molecule has 0 heterocycles. The van der Waals surface area contributed by atoms with Crippen LogP contribution in [0.25, 0.3) is 0 Å². The lowest BCUT2D eigenvalue weighted by Crippen LogP contribution is -2.16. The quantitative estimate of drug-likeness (QED) is 0.404. The molecule has 0 aromatic heterocycles. The van der Waals surface area contributed by atoms with Gasteiger partial charge in [-0.25, -0.2) is 0 Å². The first kappa shape index (κ1) is 7.51. The van der Waals surface area contributed by atoms with E-state index in [4.69, 9.17) is 11.1 Å². The number of hydrogen-bond acceptors (Lipinski definition) is 0. The van der Waals surface area contributed by atoms with Gasteiger partial charge in [-0.05, 0) is 6.04 Å². The van der Waals surface area contributed by atoms with Crippen molar-refractivity contribution >= 4 is 18.5 Å². The third-order valence-electron chi connectivity index (χ3n) is 0.690. The summed E-state index contributed by atoms with van der Waals surface area (Å²) in [4.78, 5) is 0. The van der Waals surface area contributed by atoms with Crippen molar-refractivity contribution in [3.63, 3.8) is 0 Å². The van der Waals surface area contributed by atoms with Gasteiger partial charge in [0.1, 0.15) is 0 Å². The molecule has 0 N–H and O–H groups in total. The van der Waals surface area contributed by atoms with E-state index in [-0.39, 0.29) is 0 Å². The molecule has 0 aromatic rings. The van der Waals surface area contributed by atoms with Gasteiger partial charge >= 0.3 is 0 Å². The summed E-state index contributed by atoms with van der Waals surface area (Å²) in [5.74, 6) is 0. The Labute approximate surface area is 51.6 Å². The van der Waals surface area contributed by atoms with Gasteiger partial charge in [-0.2, -0.15) is 11.1 Å². The van der Waals surface area contributed by atoms with Crippen LogP contribution in [0.15, 0.2) is 0 Å². The zero-order chi connectivity index (χ0) is 5.91. The molecule has 0 spiro atoms. The molecule has 0 unspecified atom stereocenters. The zero-order valence-electron chi connectivity index (χ0n) is 5.16. The van der Waals surface area contributed by atoms with Crippen molar-refractivity contribution in [1.82, 2.24) is 0 Å². The highest BCUT2D eigenvalue weighted by Crippen LogP contribution is 2.12. The van der Waals surface area contributed by atoms with Crippen LogP contribution in [0.2, 0.25) is 13.1 Å². The third-order valence-corrected chi connectivity index (χ3v) is 2.53. The Balaban J connectivity index is 3.15. The van der Waals surface area contributed by atoms with Crippen LogP contribution in [0.5, 0.6) is 0 Å². The van der Waals surface area contributed by atoms with Crippen LogP contribution in [0, 0.1) is 6.04 Å². The second-order valence-electron chi connectivity index (χ2n) is 2.18. The molecular weight excluding hydrogens is 124 g/mol. The molecule has 0 aliphatic heterocycles. The van der Waals surface area contributed by atoms with Crippen molar-refractivity contribution in [3.8, 4) is 0 Å². The van der Waals surface area contributed by atoms with Crippen molar-refractivity contribution < 1.29 is 0 Å². The van der Waals surface area contributed by atoms with Gasteiger partial charge < -0.3 is 0 Å². The van der Waals surface area contributed by atoms with E-state index in [0.717, 1.165) is 6.42 Å². The Hall–Kier alpha value is 0.507. The highest BCUT2D eigenvalue weighted by Gasteiger charge is 2.14.